The topological polar surface area (TPSA) is 38.9 Å². The largest absolute Gasteiger partial charge is 0.320 e. The normalized spacial score (nSPS) is 12.4. The summed E-state index contributed by atoms with van der Waals surface area (Å²) in [4.78, 5) is 4.09. The zero-order valence-electron chi connectivity index (χ0n) is 9.02. The molecular weight excluding hydrogens is 264 g/mol. The lowest BCUT2D eigenvalue weighted by Crippen LogP contribution is -2.13. The summed E-state index contributed by atoms with van der Waals surface area (Å²) < 4.78 is 1.09. The van der Waals surface area contributed by atoms with E-state index in [2.05, 4.69) is 33.9 Å². The second kappa shape index (κ2) is 4.76. The van der Waals surface area contributed by atoms with Crippen LogP contribution in [0.15, 0.2) is 47.2 Å². The van der Waals surface area contributed by atoms with Crippen molar-refractivity contribution in [2.75, 3.05) is 0 Å². The monoisotopic (exact) mass is 276 g/mol. The average molecular weight is 277 g/mol. The van der Waals surface area contributed by atoms with E-state index in [-0.39, 0.29) is 6.04 Å². The third kappa shape index (κ3) is 2.15. The molecule has 1 aromatic carbocycles. The van der Waals surface area contributed by atoms with E-state index in [9.17, 15) is 0 Å². The van der Waals surface area contributed by atoms with Gasteiger partial charge in [-0.05, 0) is 35.7 Å². The van der Waals surface area contributed by atoms with E-state index in [0.717, 1.165) is 15.6 Å². The van der Waals surface area contributed by atoms with Crippen LogP contribution in [0.2, 0.25) is 0 Å². The molecule has 1 unspecified atom stereocenters. The minimum absolute atomic E-state index is 0.119. The van der Waals surface area contributed by atoms with Crippen LogP contribution in [-0.2, 0) is 0 Å². The molecule has 2 N–H and O–H groups in total. The molecule has 1 aromatic heterocycles. The highest BCUT2D eigenvalue weighted by Gasteiger charge is 2.12. The number of aromatic nitrogens is 1. The Balaban J connectivity index is 2.42. The summed E-state index contributed by atoms with van der Waals surface area (Å²) in [6.07, 6.45) is 3.56. The lowest BCUT2D eigenvalue weighted by atomic mass is 9.97. The molecule has 2 rings (SSSR count). The average Bonchev–Trinajstić information content (AvgIpc) is 2.33. The van der Waals surface area contributed by atoms with E-state index in [0.29, 0.717) is 0 Å². The van der Waals surface area contributed by atoms with Crippen LogP contribution in [0.3, 0.4) is 0 Å². The van der Waals surface area contributed by atoms with Crippen molar-refractivity contribution in [1.29, 1.82) is 0 Å². The molecule has 0 aliphatic rings. The van der Waals surface area contributed by atoms with Crippen molar-refractivity contribution in [1.82, 2.24) is 4.98 Å². The first-order valence-corrected chi connectivity index (χ1v) is 5.90. The molecule has 0 fully saturated rings. The van der Waals surface area contributed by atoms with Crippen LogP contribution < -0.4 is 5.73 Å². The second-order valence-electron chi connectivity index (χ2n) is 3.72. The molecule has 0 saturated carbocycles. The lowest BCUT2D eigenvalue weighted by Gasteiger charge is -2.15. The molecule has 3 heteroatoms. The summed E-state index contributed by atoms with van der Waals surface area (Å²) in [5.74, 6) is 0. The van der Waals surface area contributed by atoms with Crippen LogP contribution in [0.5, 0.6) is 0 Å². The predicted octanol–water partition coefficient (Wildman–Crippen LogP) is 3.20. The smallest absolute Gasteiger partial charge is 0.0569 e. The van der Waals surface area contributed by atoms with Crippen LogP contribution in [0.25, 0.3) is 0 Å². The van der Waals surface area contributed by atoms with Gasteiger partial charge in [-0.25, -0.2) is 0 Å². The molecule has 2 aromatic rings. The molecule has 1 heterocycles. The molecule has 0 bridgehead atoms. The van der Waals surface area contributed by atoms with Gasteiger partial charge in [0.2, 0.25) is 0 Å². The Hall–Kier alpha value is -1.19. The van der Waals surface area contributed by atoms with Crippen LogP contribution in [-0.4, -0.2) is 4.98 Å². The zero-order chi connectivity index (χ0) is 11.5. The first-order valence-electron chi connectivity index (χ1n) is 5.10. The van der Waals surface area contributed by atoms with Gasteiger partial charge in [-0.3, -0.25) is 4.98 Å². The van der Waals surface area contributed by atoms with Gasteiger partial charge in [0, 0.05) is 16.9 Å². The van der Waals surface area contributed by atoms with Crippen molar-refractivity contribution in [3.8, 4) is 0 Å². The number of nitrogens with zero attached hydrogens (tertiary/aromatic N) is 1. The molecule has 0 saturated heterocycles. The first kappa shape index (κ1) is 11.3. The summed E-state index contributed by atoms with van der Waals surface area (Å²) in [5.41, 5.74) is 9.56. The van der Waals surface area contributed by atoms with Crippen molar-refractivity contribution in [3.05, 3.63) is 63.9 Å². The Labute approximate surface area is 104 Å². The maximum Gasteiger partial charge on any atom is 0.0569 e. The summed E-state index contributed by atoms with van der Waals surface area (Å²) in [5, 5.41) is 0. The number of rotatable bonds is 2. The molecule has 2 nitrogen and oxygen atoms in total. The summed E-state index contributed by atoms with van der Waals surface area (Å²) in [7, 11) is 0. The molecule has 0 spiro atoms. The second-order valence-corrected chi connectivity index (χ2v) is 4.57. The van der Waals surface area contributed by atoms with Gasteiger partial charge in [0.15, 0.2) is 0 Å². The van der Waals surface area contributed by atoms with Crippen LogP contribution in [0.1, 0.15) is 22.7 Å². The fourth-order valence-corrected chi connectivity index (χ4v) is 2.08. The Morgan fingerprint density at radius 1 is 1.25 bits per heavy atom. The SMILES string of the molecule is Cc1c(Br)cccc1C(N)c1cccnc1. The zero-order valence-corrected chi connectivity index (χ0v) is 10.6. The number of hydrogen-bond acceptors (Lipinski definition) is 2. The van der Waals surface area contributed by atoms with E-state index in [1.165, 1.54) is 5.56 Å². The van der Waals surface area contributed by atoms with E-state index in [1.807, 2.05) is 30.5 Å². The molecular formula is C13H13BrN2. The van der Waals surface area contributed by atoms with Crippen molar-refractivity contribution in [2.45, 2.75) is 13.0 Å². The highest BCUT2D eigenvalue weighted by Crippen LogP contribution is 2.26. The van der Waals surface area contributed by atoms with Crippen LogP contribution in [0, 0.1) is 6.92 Å². The van der Waals surface area contributed by atoms with Gasteiger partial charge in [-0.15, -0.1) is 0 Å². The van der Waals surface area contributed by atoms with Crippen molar-refractivity contribution < 1.29 is 0 Å². The van der Waals surface area contributed by atoms with Gasteiger partial charge < -0.3 is 5.73 Å². The molecule has 0 aliphatic heterocycles. The third-order valence-electron chi connectivity index (χ3n) is 2.69. The number of halogens is 1. The number of benzene rings is 1. The van der Waals surface area contributed by atoms with Crippen LogP contribution >= 0.6 is 15.9 Å². The van der Waals surface area contributed by atoms with Crippen molar-refractivity contribution >= 4 is 15.9 Å². The molecule has 16 heavy (non-hydrogen) atoms. The highest BCUT2D eigenvalue weighted by molar-refractivity contribution is 9.10. The van der Waals surface area contributed by atoms with Gasteiger partial charge in [0.25, 0.3) is 0 Å². The standard InChI is InChI=1S/C13H13BrN2/c1-9-11(5-2-6-12(9)14)13(15)10-4-3-7-16-8-10/h2-8,13H,15H2,1H3. The van der Waals surface area contributed by atoms with E-state index >= 15 is 0 Å². The molecule has 0 radical (unpaired) electrons. The van der Waals surface area contributed by atoms with Gasteiger partial charge in [-0.1, -0.05) is 34.1 Å². The van der Waals surface area contributed by atoms with Crippen molar-refractivity contribution in [2.24, 2.45) is 5.73 Å². The fraction of sp³-hybridized carbons (Fsp3) is 0.154. The van der Waals surface area contributed by atoms with E-state index < -0.39 is 0 Å². The van der Waals surface area contributed by atoms with Gasteiger partial charge in [-0.2, -0.15) is 0 Å². The molecule has 82 valence electrons. The van der Waals surface area contributed by atoms with Gasteiger partial charge >= 0.3 is 0 Å². The Bertz CT molecular complexity index is 483. The summed E-state index contributed by atoms with van der Waals surface area (Å²) in [6.45, 7) is 2.07. The number of nitrogens with two attached hydrogens (primary N) is 1. The number of pyridine rings is 1. The highest BCUT2D eigenvalue weighted by atomic mass is 79.9. The minimum Gasteiger partial charge on any atom is -0.320 e. The minimum atomic E-state index is -0.119. The van der Waals surface area contributed by atoms with Crippen molar-refractivity contribution in [3.63, 3.8) is 0 Å². The predicted molar refractivity (Wildman–Crippen MR) is 69.1 cm³/mol. The number of hydrogen-bond donors (Lipinski definition) is 1. The maximum atomic E-state index is 6.23. The molecule has 1 atom stereocenters. The maximum absolute atomic E-state index is 6.23. The Morgan fingerprint density at radius 3 is 2.75 bits per heavy atom. The Kier molecular flexibility index (Phi) is 3.36. The quantitative estimate of drug-likeness (QED) is 0.915. The third-order valence-corrected chi connectivity index (χ3v) is 3.55. The van der Waals surface area contributed by atoms with Crippen LogP contribution in [0.4, 0.5) is 0 Å². The Morgan fingerprint density at radius 2 is 2.06 bits per heavy atom. The summed E-state index contributed by atoms with van der Waals surface area (Å²) >= 11 is 3.52. The van der Waals surface area contributed by atoms with E-state index in [1.54, 1.807) is 6.20 Å². The molecule has 0 amide bonds. The molecule has 0 aliphatic carbocycles. The lowest BCUT2D eigenvalue weighted by molar-refractivity contribution is 0.852. The van der Waals surface area contributed by atoms with Gasteiger partial charge in [0.05, 0.1) is 6.04 Å². The van der Waals surface area contributed by atoms with Gasteiger partial charge in [0.1, 0.15) is 0 Å². The van der Waals surface area contributed by atoms with E-state index in [4.69, 9.17) is 5.73 Å². The first-order chi connectivity index (χ1) is 7.70. The fourth-order valence-electron chi connectivity index (χ4n) is 1.70. The summed E-state index contributed by atoms with van der Waals surface area (Å²) in [6, 6.07) is 9.86.